The van der Waals surface area contributed by atoms with Gasteiger partial charge >= 0.3 is 0 Å². The number of hydrogen-bond acceptors (Lipinski definition) is 4. The summed E-state index contributed by atoms with van der Waals surface area (Å²) in [6.07, 6.45) is 1.49. The van der Waals surface area contributed by atoms with Crippen LogP contribution in [-0.2, 0) is 16.1 Å². The van der Waals surface area contributed by atoms with Crippen LogP contribution in [0.15, 0.2) is 24.3 Å². The molecule has 7 heteroatoms. The average Bonchev–Trinajstić information content (AvgIpc) is 3.15. The third kappa shape index (κ3) is 4.06. The third-order valence-electron chi connectivity index (χ3n) is 4.52. The van der Waals surface area contributed by atoms with Gasteiger partial charge in [0.05, 0.1) is 0 Å². The zero-order valence-electron chi connectivity index (χ0n) is 13.6. The summed E-state index contributed by atoms with van der Waals surface area (Å²) in [6, 6.07) is 7.39. The zero-order valence-corrected chi connectivity index (χ0v) is 14.5. The number of amides is 2. The number of carbonyl (C=O) groups is 2. The summed E-state index contributed by atoms with van der Waals surface area (Å²) in [7, 11) is 0. The number of benzene rings is 1. The maximum absolute atomic E-state index is 12.5. The molecular weight excluding hydrogens is 330 g/mol. The predicted molar refractivity (Wildman–Crippen MR) is 93.0 cm³/mol. The van der Waals surface area contributed by atoms with Crippen molar-refractivity contribution in [1.82, 2.24) is 9.80 Å². The number of rotatable bonds is 3. The molecule has 0 spiro atoms. The van der Waals surface area contributed by atoms with Gasteiger partial charge in [0.15, 0.2) is 0 Å². The average molecular weight is 354 g/mol. The number of halogens is 1. The van der Waals surface area contributed by atoms with E-state index in [0.29, 0.717) is 44.9 Å². The zero-order chi connectivity index (χ0) is 16.2. The minimum atomic E-state index is -0.277. The van der Waals surface area contributed by atoms with Crippen molar-refractivity contribution in [2.24, 2.45) is 5.73 Å². The molecule has 0 aromatic heterocycles. The van der Waals surface area contributed by atoms with Crippen molar-refractivity contribution in [1.29, 1.82) is 0 Å². The third-order valence-corrected chi connectivity index (χ3v) is 4.52. The molecule has 6 nitrogen and oxygen atoms in total. The Labute approximate surface area is 148 Å². The van der Waals surface area contributed by atoms with E-state index < -0.39 is 0 Å². The lowest BCUT2D eigenvalue weighted by atomic mass is 10.1. The van der Waals surface area contributed by atoms with Gasteiger partial charge in [0, 0.05) is 44.9 Å². The second kappa shape index (κ2) is 8.46. The van der Waals surface area contributed by atoms with Crippen LogP contribution in [0.25, 0.3) is 0 Å². The van der Waals surface area contributed by atoms with Crippen molar-refractivity contribution in [2.75, 3.05) is 32.8 Å². The number of carbonyl (C=O) groups excluding carboxylic acids is 2. The monoisotopic (exact) mass is 353 g/mol. The van der Waals surface area contributed by atoms with Crippen LogP contribution in [0.4, 0.5) is 0 Å². The van der Waals surface area contributed by atoms with E-state index in [9.17, 15) is 9.59 Å². The molecule has 1 atom stereocenters. The van der Waals surface area contributed by atoms with E-state index in [2.05, 4.69) is 0 Å². The molecule has 2 aliphatic heterocycles. The highest BCUT2D eigenvalue weighted by Crippen LogP contribution is 2.17. The van der Waals surface area contributed by atoms with Gasteiger partial charge in [-0.15, -0.1) is 12.4 Å². The first kappa shape index (κ1) is 18.7. The molecule has 1 aromatic rings. The Kier molecular flexibility index (Phi) is 6.60. The molecule has 132 valence electrons. The van der Waals surface area contributed by atoms with E-state index in [1.54, 1.807) is 4.90 Å². The molecule has 2 amide bonds. The van der Waals surface area contributed by atoms with Crippen LogP contribution in [0.5, 0.6) is 0 Å². The summed E-state index contributed by atoms with van der Waals surface area (Å²) in [4.78, 5) is 28.4. The van der Waals surface area contributed by atoms with Crippen LogP contribution in [0.1, 0.15) is 28.8 Å². The van der Waals surface area contributed by atoms with Gasteiger partial charge in [-0.1, -0.05) is 12.1 Å². The van der Waals surface area contributed by atoms with E-state index in [-0.39, 0.29) is 30.3 Å². The maximum Gasteiger partial charge on any atom is 0.253 e. The van der Waals surface area contributed by atoms with Gasteiger partial charge in [-0.25, -0.2) is 0 Å². The number of ether oxygens (including phenoxy) is 1. The van der Waals surface area contributed by atoms with Crippen LogP contribution < -0.4 is 5.73 Å². The lowest BCUT2D eigenvalue weighted by Crippen LogP contribution is -2.52. The van der Waals surface area contributed by atoms with Crippen molar-refractivity contribution in [2.45, 2.75) is 25.5 Å². The predicted octanol–water partition coefficient (Wildman–Crippen LogP) is 1.03. The number of piperazine rings is 1. The Morgan fingerprint density at radius 3 is 2.25 bits per heavy atom. The second-order valence-corrected chi connectivity index (χ2v) is 6.02. The van der Waals surface area contributed by atoms with Gasteiger partial charge in [-0.3, -0.25) is 9.59 Å². The van der Waals surface area contributed by atoms with Crippen molar-refractivity contribution < 1.29 is 14.3 Å². The molecule has 2 aliphatic rings. The molecular formula is C17H24ClN3O3. The van der Waals surface area contributed by atoms with Crippen LogP contribution in [0.3, 0.4) is 0 Å². The summed E-state index contributed by atoms with van der Waals surface area (Å²) in [5, 5.41) is 0. The largest absolute Gasteiger partial charge is 0.368 e. The van der Waals surface area contributed by atoms with E-state index >= 15 is 0 Å². The van der Waals surface area contributed by atoms with Crippen LogP contribution >= 0.6 is 12.4 Å². The highest BCUT2D eigenvalue weighted by atomic mass is 35.5. The summed E-state index contributed by atoms with van der Waals surface area (Å²) < 4.78 is 5.45. The smallest absolute Gasteiger partial charge is 0.253 e. The minimum Gasteiger partial charge on any atom is -0.368 e. The van der Waals surface area contributed by atoms with E-state index in [1.807, 2.05) is 29.2 Å². The van der Waals surface area contributed by atoms with E-state index in [1.165, 1.54) is 0 Å². The van der Waals surface area contributed by atoms with Gasteiger partial charge in [0.25, 0.3) is 11.8 Å². The Morgan fingerprint density at radius 1 is 1.08 bits per heavy atom. The van der Waals surface area contributed by atoms with Crippen LogP contribution in [-0.4, -0.2) is 60.5 Å². The van der Waals surface area contributed by atoms with Crippen LogP contribution in [0, 0.1) is 0 Å². The van der Waals surface area contributed by atoms with Crippen molar-refractivity contribution >= 4 is 24.2 Å². The Hall–Kier alpha value is -1.63. The molecule has 2 fully saturated rings. The SMILES string of the molecule is Cl.NCc1ccc(C(=O)N2CCN(C(=O)C3CCCO3)CC2)cc1. The summed E-state index contributed by atoms with van der Waals surface area (Å²) in [5.74, 6) is 0.0830. The fourth-order valence-corrected chi connectivity index (χ4v) is 3.07. The highest BCUT2D eigenvalue weighted by molar-refractivity contribution is 5.94. The van der Waals surface area contributed by atoms with Crippen molar-refractivity contribution in [3.8, 4) is 0 Å². The lowest BCUT2D eigenvalue weighted by molar-refractivity contribution is -0.142. The van der Waals surface area contributed by atoms with Crippen molar-refractivity contribution in [3.05, 3.63) is 35.4 Å². The van der Waals surface area contributed by atoms with Crippen LogP contribution in [0.2, 0.25) is 0 Å². The van der Waals surface area contributed by atoms with Crippen molar-refractivity contribution in [3.63, 3.8) is 0 Å². The fourth-order valence-electron chi connectivity index (χ4n) is 3.07. The fraction of sp³-hybridized carbons (Fsp3) is 0.529. The molecule has 2 heterocycles. The van der Waals surface area contributed by atoms with Gasteiger partial charge < -0.3 is 20.3 Å². The first-order valence-corrected chi connectivity index (χ1v) is 8.17. The summed E-state index contributed by atoms with van der Waals surface area (Å²) >= 11 is 0. The lowest BCUT2D eigenvalue weighted by Gasteiger charge is -2.35. The standard InChI is InChI=1S/C17H23N3O3.ClH/c18-12-13-3-5-14(6-4-13)16(21)19-7-9-20(10-8-19)17(22)15-2-1-11-23-15;/h3-6,15H,1-2,7-12,18H2;1H. The molecule has 3 rings (SSSR count). The molecule has 2 saturated heterocycles. The molecule has 0 radical (unpaired) electrons. The molecule has 0 aliphatic carbocycles. The number of hydrogen-bond donors (Lipinski definition) is 1. The molecule has 2 N–H and O–H groups in total. The normalized spacial score (nSPS) is 20.6. The maximum atomic E-state index is 12.5. The molecule has 1 aromatic carbocycles. The second-order valence-electron chi connectivity index (χ2n) is 6.02. The first-order valence-electron chi connectivity index (χ1n) is 8.17. The van der Waals surface area contributed by atoms with Gasteiger partial charge in [0.2, 0.25) is 0 Å². The van der Waals surface area contributed by atoms with Gasteiger partial charge in [-0.05, 0) is 30.5 Å². The topological polar surface area (TPSA) is 75.9 Å². The van der Waals surface area contributed by atoms with Gasteiger partial charge in [0.1, 0.15) is 6.10 Å². The Bertz CT molecular complexity index is 565. The summed E-state index contributed by atoms with van der Waals surface area (Å²) in [6.45, 7) is 3.43. The number of nitrogens with zero attached hydrogens (tertiary/aromatic N) is 2. The molecule has 0 saturated carbocycles. The van der Waals surface area contributed by atoms with E-state index in [0.717, 1.165) is 18.4 Å². The van der Waals surface area contributed by atoms with Gasteiger partial charge in [-0.2, -0.15) is 0 Å². The highest BCUT2D eigenvalue weighted by Gasteiger charge is 2.31. The molecule has 24 heavy (non-hydrogen) atoms. The number of nitrogens with two attached hydrogens (primary N) is 1. The molecule has 0 bridgehead atoms. The quantitative estimate of drug-likeness (QED) is 0.880. The van der Waals surface area contributed by atoms with E-state index in [4.69, 9.17) is 10.5 Å². The molecule has 1 unspecified atom stereocenters. The first-order chi connectivity index (χ1) is 11.2. The Balaban J connectivity index is 0.00000208. The summed E-state index contributed by atoms with van der Waals surface area (Å²) in [5.41, 5.74) is 7.25. The minimum absolute atomic E-state index is 0. The Morgan fingerprint density at radius 2 is 1.71 bits per heavy atom.